The zero-order valence-electron chi connectivity index (χ0n) is 20.5. The maximum atomic E-state index is 12.3. The van der Waals surface area contributed by atoms with Crippen molar-refractivity contribution in [1.29, 1.82) is 0 Å². The number of ether oxygens (including phenoxy) is 2. The summed E-state index contributed by atoms with van der Waals surface area (Å²) < 4.78 is 14.8. The van der Waals surface area contributed by atoms with E-state index in [-0.39, 0.29) is 5.56 Å². The fraction of sp³-hybridized carbons (Fsp3) is 0.423. The highest BCUT2D eigenvalue weighted by molar-refractivity contribution is 5.88. The Morgan fingerprint density at radius 2 is 1.88 bits per heavy atom. The average Bonchev–Trinajstić information content (AvgIpc) is 3.20. The summed E-state index contributed by atoms with van der Waals surface area (Å²) in [4.78, 5) is 23.7. The van der Waals surface area contributed by atoms with E-state index in [1.807, 2.05) is 29.8 Å². The van der Waals surface area contributed by atoms with Crippen molar-refractivity contribution in [2.24, 2.45) is 13.0 Å². The van der Waals surface area contributed by atoms with Crippen molar-refractivity contribution in [1.82, 2.24) is 14.3 Å². The summed E-state index contributed by atoms with van der Waals surface area (Å²) in [5, 5.41) is 13.5. The SMILES string of the molecule is CC(C)C.COCCCOc1cc2c(cc1-c1ccnn1C)-c1cc(=O)c(C(=O)O)cn1CC2. The molecule has 0 spiro atoms. The van der Waals surface area contributed by atoms with E-state index < -0.39 is 11.4 Å². The highest BCUT2D eigenvalue weighted by Crippen LogP contribution is 2.39. The van der Waals surface area contributed by atoms with Crippen molar-refractivity contribution in [3.05, 3.63) is 58.0 Å². The van der Waals surface area contributed by atoms with Crippen LogP contribution in [0.5, 0.6) is 5.75 Å². The van der Waals surface area contributed by atoms with Crippen molar-refractivity contribution < 1.29 is 19.4 Å². The first-order valence-corrected chi connectivity index (χ1v) is 11.5. The van der Waals surface area contributed by atoms with Gasteiger partial charge in [0, 0.05) is 63.3 Å². The number of rotatable bonds is 7. The van der Waals surface area contributed by atoms with Crippen molar-refractivity contribution in [2.45, 2.75) is 40.2 Å². The monoisotopic (exact) mass is 467 g/mol. The molecule has 0 radical (unpaired) electrons. The highest BCUT2D eigenvalue weighted by atomic mass is 16.5. The third-order valence-corrected chi connectivity index (χ3v) is 5.31. The summed E-state index contributed by atoms with van der Waals surface area (Å²) in [6.45, 7) is 8.24. The summed E-state index contributed by atoms with van der Waals surface area (Å²) in [6.07, 6.45) is 4.64. The van der Waals surface area contributed by atoms with Crippen LogP contribution in [0.3, 0.4) is 0 Å². The second-order valence-corrected chi connectivity index (χ2v) is 8.96. The van der Waals surface area contributed by atoms with Gasteiger partial charge in [-0.3, -0.25) is 9.48 Å². The number of nitrogens with zero attached hydrogens (tertiary/aromatic N) is 3. The number of carboxylic acids is 1. The molecule has 1 N–H and O–H groups in total. The molecule has 4 rings (SSSR count). The van der Waals surface area contributed by atoms with Crippen LogP contribution in [0.1, 0.15) is 43.1 Å². The molecule has 0 unspecified atom stereocenters. The van der Waals surface area contributed by atoms with Gasteiger partial charge in [-0.05, 0) is 36.1 Å². The maximum Gasteiger partial charge on any atom is 0.341 e. The molecule has 1 aliphatic heterocycles. The third kappa shape index (κ3) is 5.75. The van der Waals surface area contributed by atoms with Gasteiger partial charge in [-0.15, -0.1) is 0 Å². The Balaban J connectivity index is 0.000000751. The molecular weight excluding hydrogens is 434 g/mol. The Kier molecular flexibility index (Phi) is 8.28. The molecule has 2 aromatic heterocycles. The third-order valence-electron chi connectivity index (χ3n) is 5.31. The molecule has 0 fully saturated rings. The molecular formula is C26H33N3O5. The lowest BCUT2D eigenvalue weighted by Gasteiger charge is -2.25. The molecule has 3 heterocycles. The lowest BCUT2D eigenvalue weighted by atomic mass is 9.93. The molecule has 0 saturated heterocycles. The summed E-state index contributed by atoms with van der Waals surface area (Å²) in [7, 11) is 3.52. The van der Waals surface area contributed by atoms with E-state index in [1.54, 1.807) is 18.0 Å². The average molecular weight is 468 g/mol. The number of hydrogen-bond acceptors (Lipinski definition) is 5. The van der Waals surface area contributed by atoms with Crippen LogP contribution in [0, 0.1) is 5.92 Å². The number of fused-ring (bicyclic) bond motifs is 3. The van der Waals surface area contributed by atoms with E-state index in [1.165, 1.54) is 12.3 Å². The van der Waals surface area contributed by atoms with Gasteiger partial charge in [0.05, 0.1) is 18.0 Å². The minimum Gasteiger partial charge on any atom is -0.493 e. The van der Waals surface area contributed by atoms with Gasteiger partial charge < -0.3 is 19.1 Å². The number of aryl methyl sites for hydroxylation is 3. The van der Waals surface area contributed by atoms with Crippen molar-refractivity contribution in [3.63, 3.8) is 0 Å². The minimum absolute atomic E-state index is 0.216. The number of pyridine rings is 1. The van der Waals surface area contributed by atoms with Crippen LogP contribution in [0.4, 0.5) is 0 Å². The van der Waals surface area contributed by atoms with Crippen molar-refractivity contribution >= 4 is 5.97 Å². The van der Waals surface area contributed by atoms with Crippen LogP contribution < -0.4 is 10.2 Å². The molecule has 8 heteroatoms. The molecule has 34 heavy (non-hydrogen) atoms. The van der Waals surface area contributed by atoms with Crippen molar-refractivity contribution in [3.8, 4) is 28.3 Å². The van der Waals surface area contributed by atoms with Gasteiger partial charge in [0.2, 0.25) is 0 Å². The van der Waals surface area contributed by atoms with Crippen molar-refractivity contribution in [2.75, 3.05) is 20.3 Å². The largest absolute Gasteiger partial charge is 0.493 e. The summed E-state index contributed by atoms with van der Waals surface area (Å²) >= 11 is 0. The number of aromatic carboxylic acids is 1. The molecule has 0 bridgehead atoms. The van der Waals surface area contributed by atoms with Gasteiger partial charge in [-0.25, -0.2) is 4.79 Å². The Bertz CT molecular complexity index is 1210. The normalized spacial score (nSPS) is 11.9. The molecule has 0 amide bonds. The molecule has 0 atom stereocenters. The van der Waals surface area contributed by atoms with Crippen LogP contribution in [-0.2, 0) is 24.8 Å². The fourth-order valence-corrected chi connectivity index (χ4v) is 3.80. The smallest absolute Gasteiger partial charge is 0.341 e. The molecule has 0 aliphatic carbocycles. The summed E-state index contributed by atoms with van der Waals surface area (Å²) in [5.41, 5.74) is 3.72. The van der Waals surface area contributed by atoms with E-state index in [2.05, 4.69) is 25.9 Å². The predicted molar refractivity (Wildman–Crippen MR) is 132 cm³/mol. The lowest BCUT2D eigenvalue weighted by molar-refractivity contribution is 0.0694. The van der Waals surface area contributed by atoms with E-state index in [9.17, 15) is 14.7 Å². The Morgan fingerprint density at radius 1 is 1.15 bits per heavy atom. The topological polar surface area (TPSA) is 95.6 Å². The first-order valence-electron chi connectivity index (χ1n) is 11.5. The zero-order chi connectivity index (χ0) is 24.8. The summed E-state index contributed by atoms with van der Waals surface area (Å²) in [5.74, 6) is 0.378. The second-order valence-electron chi connectivity index (χ2n) is 8.96. The van der Waals surface area contributed by atoms with Gasteiger partial charge in [0.1, 0.15) is 11.3 Å². The van der Waals surface area contributed by atoms with Crippen LogP contribution in [-0.4, -0.2) is 45.7 Å². The highest BCUT2D eigenvalue weighted by Gasteiger charge is 2.23. The van der Waals surface area contributed by atoms with Crippen LogP contribution in [0.15, 0.2) is 41.5 Å². The van der Waals surface area contributed by atoms with Crippen LogP contribution >= 0.6 is 0 Å². The van der Waals surface area contributed by atoms with Crippen LogP contribution in [0.2, 0.25) is 0 Å². The Morgan fingerprint density at radius 3 is 2.50 bits per heavy atom. The minimum atomic E-state index is -1.21. The van der Waals surface area contributed by atoms with Gasteiger partial charge >= 0.3 is 5.97 Å². The fourth-order valence-electron chi connectivity index (χ4n) is 3.80. The van der Waals surface area contributed by atoms with Gasteiger partial charge in [-0.2, -0.15) is 5.10 Å². The molecule has 3 aromatic rings. The van der Waals surface area contributed by atoms with Gasteiger partial charge in [0.25, 0.3) is 0 Å². The Hall–Kier alpha value is -3.39. The second kappa shape index (κ2) is 11.2. The van der Waals surface area contributed by atoms with Gasteiger partial charge in [0.15, 0.2) is 5.43 Å². The van der Waals surface area contributed by atoms with E-state index >= 15 is 0 Å². The first-order chi connectivity index (χ1) is 16.2. The summed E-state index contributed by atoms with van der Waals surface area (Å²) in [6, 6.07) is 7.34. The number of benzene rings is 1. The van der Waals surface area contributed by atoms with Gasteiger partial charge in [-0.1, -0.05) is 20.8 Å². The van der Waals surface area contributed by atoms with E-state index in [0.717, 1.165) is 40.5 Å². The van der Waals surface area contributed by atoms with Crippen LogP contribution in [0.25, 0.3) is 22.5 Å². The van der Waals surface area contributed by atoms with E-state index in [4.69, 9.17) is 9.47 Å². The Labute approximate surface area is 199 Å². The lowest BCUT2D eigenvalue weighted by Crippen LogP contribution is -2.22. The standard InChI is InChI=1S/C22H23N3O5.C4H10/c1-24-18(4-6-23-24)16-11-15-14(10-21(16)30-9-3-8-29-2)5-7-25-13-17(22(27)28)20(26)12-19(15)25;1-4(2)3/h4,6,10-13H,3,5,7-9H2,1-2H3,(H,27,28);4H,1-3H3. The molecule has 1 aliphatic rings. The quantitative estimate of drug-likeness (QED) is 0.522. The maximum absolute atomic E-state index is 12.3. The number of aromatic nitrogens is 3. The predicted octanol–water partition coefficient (Wildman–Crippen LogP) is 4.25. The number of carboxylic acid groups (broad SMARTS) is 1. The first kappa shape index (κ1) is 25.2. The molecule has 8 nitrogen and oxygen atoms in total. The molecule has 182 valence electrons. The number of hydrogen-bond donors (Lipinski definition) is 1. The number of carbonyl (C=O) groups is 1. The zero-order valence-corrected chi connectivity index (χ0v) is 20.5. The number of methoxy groups -OCH3 is 1. The molecule has 0 saturated carbocycles. The molecule has 1 aromatic carbocycles. The van der Waals surface area contributed by atoms with E-state index in [0.29, 0.717) is 31.9 Å².